The maximum Gasteiger partial charge on any atom is 0.344 e. The van der Waals surface area contributed by atoms with Crippen LogP contribution in [0.4, 0.5) is 4.79 Å². The molecule has 0 spiro atoms. The number of benzene rings is 2. The molecule has 134 valence electrons. The summed E-state index contributed by atoms with van der Waals surface area (Å²) in [6.45, 7) is 0.426. The van der Waals surface area contributed by atoms with E-state index in [0.29, 0.717) is 13.0 Å². The summed E-state index contributed by atoms with van der Waals surface area (Å²) in [7, 11) is 1.82. The highest BCUT2D eigenvalue weighted by Gasteiger charge is 2.44. The molecule has 2 aliphatic rings. The van der Waals surface area contributed by atoms with Crippen LogP contribution >= 0.6 is 0 Å². The van der Waals surface area contributed by atoms with Crippen LogP contribution in [0.15, 0.2) is 60.7 Å². The standard InChI is InChI=1S/C20H21N3O3/c1-22-17(24)12-16(18(22)14-8-4-2-5-9-14)13-21-20(25)23-19(26-23)15-10-6-3-7-11-15/h2-11,16,18-19H,12-13H2,1H3,(H,21,25)/t16?,18-,19?,23?/m1/s1. The third-order valence-corrected chi connectivity index (χ3v) is 5.02. The smallest absolute Gasteiger partial charge is 0.338 e. The summed E-state index contributed by atoms with van der Waals surface area (Å²) in [5, 5.41) is 4.24. The van der Waals surface area contributed by atoms with Gasteiger partial charge in [0.25, 0.3) is 0 Å². The Labute approximate surface area is 152 Å². The first-order valence-corrected chi connectivity index (χ1v) is 8.74. The van der Waals surface area contributed by atoms with Crippen molar-refractivity contribution in [2.45, 2.75) is 18.7 Å². The Bertz CT molecular complexity index is 796. The summed E-state index contributed by atoms with van der Waals surface area (Å²) in [6, 6.07) is 19.2. The SMILES string of the molecule is CN1C(=O)CC(CNC(=O)N2OC2c2ccccc2)[C@H]1c1ccccc1. The Balaban J connectivity index is 1.38. The van der Waals surface area contributed by atoms with Gasteiger partial charge in [-0.15, -0.1) is 0 Å². The minimum Gasteiger partial charge on any atom is -0.338 e. The molecule has 3 atom stereocenters. The fraction of sp³-hybridized carbons (Fsp3) is 0.300. The molecule has 6 nitrogen and oxygen atoms in total. The normalized spacial score (nSPS) is 24.7. The van der Waals surface area contributed by atoms with Crippen molar-refractivity contribution < 1.29 is 14.4 Å². The van der Waals surface area contributed by atoms with Crippen molar-refractivity contribution in [3.05, 3.63) is 71.8 Å². The van der Waals surface area contributed by atoms with Crippen molar-refractivity contribution in [3.8, 4) is 0 Å². The van der Waals surface area contributed by atoms with Crippen LogP contribution < -0.4 is 5.32 Å². The fourth-order valence-electron chi connectivity index (χ4n) is 3.63. The molecular weight excluding hydrogens is 330 g/mol. The molecule has 2 aromatic rings. The highest BCUT2D eigenvalue weighted by Crippen LogP contribution is 2.38. The van der Waals surface area contributed by atoms with Crippen molar-refractivity contribution in [2.75, 3.05) is 13.6 Å². The first kappa shape index (κ1) is 16.6. The zero-order valence-electron chi connectivity index (χ0n) is 14.5. The largest absolute Gasteiger partial charge is 0.344 e. The van der Waals surface area contributed by atoms with Gasteiger partial charge in [-0.1, -0.05) is 60.7 Å². The third kappa shape index (κ3) is 3.15. The maximum absolute atomic E-state index is 12.3. The minimum atomic E-state index is -0.325. The zero-order chi connectivity index (χ0) is 18.1. The number of hydroxylamine groups is 2. The maximum atomic E-state index is 12.3. The van der Waals surface area contributed by atoms with Gasteiger partial charge in [0.05, 0.1) is 6.04 Å². The van der Waals surface area contributed by atoms with E-state index in [4.69, 9.17) is 4.84 Å². The molecular formula is C20H21N3O3. The van der Waals surface area contributed by atoms with Crippen LogP contribution in [-0.4, -0.2) is 35.5 Å². The lowest BCUT2D eigenvalue weighted by Gasteiger charge is -2.25. The molecule has 2 aliphatic heterocycles. The van der Waals surface area contributed by atoms with Crippen molar-refractivity contribution in [3.63, 3.8) is 0 Å². The third-order valence-electron chi connectivity index (χ3n) is 5.02. The van der Waals surface area contributed by atoms with Crippen LogP contribution in [-0.2, 0) is 9.63 Å². The Morgan fingerprint density at radius 2 is 1.69 bits per heavy atom. The van der Waals surface area contributed by atoms with E-state index in [1.807, 2.05) is 67.7 Å². The summed E-state index contributed by atoms with van der Waals surface area (Å²) in [6.07, 6.45) is 0.105. The van der Waals surface area contributed by atoms with E-state index in [-0.39, 0.29) is 30.1 Å². The summed E-state index contributed by atoms with van der Waals surface area (Å²) < 4.78 is 0. The highest BCUT2D eigenvalue weighted by molar-refractivity contribution is 5.80. The number of nitrogens with one attached hydrogen (secondary N) is 1. The van der Waals surface area contributed by atoms with E-state index in [1.54, 1.807) is 4.90 Å². The van der Waals surface area contributed by atoms with Crippen molar-refractivity contribution in [1.82, 2.24) is 15.3 Å². The molecule has 0 bridgehead atoms. The van der Waals surface area contributed by atoms with E-state index < -0.39 is 0 Å². The number of carbonyl (C=O) groups excluding carboxylic acids is 2. The second kappa shape index (κ2) is 6.80. The molecule has 2 heterocycles. The van der Waals surface area contributed by atoms with Crippen molar-refractivity contribution in [1.29, 1.82) is 0 Å². The van der Waals surface area contributed by atoms with Gasteiger partial charge in [-0.25, -0.2) is 9.63 Å². The first-order valence-electron chi connectivity index (χ1n) is 8.74. The van der Waals surface area contributed by atoms with Crippen LogP contribution in [0.2, 0.25) is 0 Å². The molecule has 3 amide bonds. The summed E-state index contributed by atoms with van der Waals surface area (Å²) in [5.74, 6) is 0.136. The molecule has 1 N–H and O–H groups in total. The van der Waals surface area contributed by atoms with Gasteiger partial charge in [0.1, 0.15) is 0 Å². The van der Waals surface area contributed by atoms with Crippen molar-refractivity contribution in [2.24, 2.45) is 5.92 Å². The van der Waals surface area contributed by atoms with E-state index in [0.717, 1.165) is 11.1 Å². The zero-order valence-corrected chi connectivity index (χ0v) is 14.5. The Kier molecular flexibility index (Phi) is 4.34. The van der Waals surface area contributed by atoms with Gasteiger partial charge in [-0.2, -0.15) is 5.06 Å². The average Bonchev–Trinajstić information content (AvgIpc) is 3.43. The van der Waals surface area contributed by atoms with E-state index in [2.05, 4.69) is 5.32 Å². The first-order chi connectivity index (χ1) is 12.6. The van der Waals surface area contributed by atoms with Crippen LogP contribution in [0, 0.1) is 5.92 Å². The molecule has 2 saturated heterocycles. The number of nitrogens with zero attached hydrogens (tertiary/aromatic N) is 2. The van der Waals surface area contributed by atoms with E-state index >= 15 is 0 Å². The van der Waals surface area contributed by atoms with Crippen LogP contribution in [0.3, 0.4) is 0 Å². The molecule has 0 aromatic heterocycles. The summed E-state index contributed by atoms with van der Waals surface area (Å²) in [5.41, 5.74) is 2.03. The quantitative estimate of drug-likeness (QED) is 0.862. The van der Waals surface area contributed by atoms with Crippen LogP contribution in [0.1, 0.15) is 29.8 Å². The highest BCUT2D eigenvalue weighted by atomic mass is 16.8. The van der Waals surface area contributed by atoms with Gasteiger partial charge in [0, 0.05) is 31.5 Å². The number of hydrogen-bond acceptors (Lipinski definition) is 3. The lowest BCUT2D eigenvalue weighted by atomic mass is 9.94. The Morgan fingerprint density at radius 3 is 2.35 bits per heavy atom. The number of urea groups is 1. The lowest BCUT2D eigenvalue weighted by molar-refractivity contribution is -0.127. The topological polar surface area (TPSA) is 65.0 Å². The molecule has 6 heteroatoms. The van der Waals surface area contributed by atoms with Gasteiger partial charge in [-0.05, 0) is 5.56 Å². The fourth-order valence-corrected chi connectivity index (χ4v) is 3.63. The predicted molar refractivity (Wildman–Crippen MR) is 95.6 cm³/mol. The van der Waals surface area contributed by atoms with Gasteiger partial charge in [-0.3, -0.25) is 4.79 Å². The van der Waals surface area contributed by atoms with Crippen molar-refractivity contribution >= 4 is 11.9 Å². The summed E-state index contributed by atoms with van der Waals surface area (Å²) in [4.78, 5) is 31.7. The molecule has 0 radical (unpaired) electrons. The molecule has 0 saturated carbocycles. The lowest BCUT2D eigenvalue weighted by Crippen LogP contribution is -2.35. The number of likely N-dealkylation sites (tertiary alicyclic amines) is 1. The van der Waals surface area contributed by atoms with Gasteiger partial charge < -0.3 is 10.2 Å². The average molecular weight is 351 g/mol. The summed E-state index contributed by atoms with van der Waals surface area (Å²) >= 11 is 0. The van der Waals surface area contributed by atoms with Gasteiger partial charge >= 0.3 is 6.03 Å². The molecule has 2 aromatic carbocycles. The molecule has 26 heavy (non-hydrogen) atoms. The van der Waals surface area contributed by atoms with E-state index in [9.17, 15) is 9.59 Å². The second-order valence-electron chi connectivity index (χ2n) is 6.70. The molecule has 2 fully saturated rings. The predicted octanol–water partition coefficient (Wildman–Crippen LogP) is 2.86. The number of carbonyl (C=O) groups is 2. The minimum absolute atomic E-state index is 0.0240. The molecule has 2 unspecified atom stereocenters. The second-order valence-corrected chi connectivity index (χ2v) is 6.70. The van der Waals surface area contributed by atoms with Gasteiger partial charge in [0.2, 0.25) is 12.1 Å². The van der Waals surface area contributed by atoms with Crippen LogP contribution in [0.5, 0.6) is 0 Å². The van der Waals surface area contributed by atoms with Gasteiger partial charge in [0.15, 0.2) is 0 Å². The molecule has 0 aliphatic carbocycles. The molecule has 4 rings (SSSR count). The van der Waals surface area contributed by atoms with E-state index in [1.165, 1.54) is 5.06 Å². The Morgan fingerprint density at radius 1 is 1.08 bits per heavy atom. The number of amides is 3. The Hall–Kier alpha value is -2.86. The number of rotatable bonds is 4. The number of hydrogen-bond donors (Lipinski definition) is 1. The van der Waals surface area contributed by atoms with Crippen LogP contribution in [0.25, 0.3) is 0 Å². The monoisotopic (exact) mass is 351 g/mol.